The molecule has 1 atom stereocenters. The van der Waals surface area contributed by atoms with Gasteiger partial charge in [0.1, 0.15) is 36.3 Å². The Morgan fingerprint density at radius 2 is 2.04 bits per heavy atom. The van der Waals surface area contributed by atoms with Crippen molar-refractivity contribution in [3.8, 4) is 5.75 Å². The first-order chi connectivity index (χ1) is 11.2. The van der Waals surface area contributed by atoms with Gasteiger partial charge < -0.3 is 19.0 Å². The molecule has 0 bridgehead atoms. The highest BCUT2D eigenvalue weighted by atomic mass is 16.5. The average molecular weight is 313 g/mol. The Bertz CT molecular complexity index is 755. The topological polar surface area (TPSA) is 64.7 Å². The fraction of sp³-hybridized carbons (Fsp3) is 0.278. The molecule has 23 heavy (non-hydrogen) atoms. The van der Waals surface area contributed by atoms with E-state index in [0.717, 1.165) is 22.4 Å². The van der Waals surface area contributed by atoms with E-state index in [1.807, 2.05) is 43.3 Å². The maximum Gasteiger partial charge on any atom is 0.145 e. The van der Waals surface area contributed by atoms with Crippen molar-refractivity contribution in [2.24, 2.45) is 0 Å². The van der Waals surface area contributed by atoms with E-state index in [-0.39, 0.29) is 13.2 Å². The van der Waals surface area contributed by atoms with Crippen LogP contribution in [-0.4, -0.2) is 29.4 Å². The van der Waals surface area contributed by atoms with Gasteiger partial charge >= 0.3 is 0 Å². The number of para-hydroxylation sites is 1. The van der Waals surface area contributed by atoms with E-state index in [2.05, 4.69) is 4.98 Å². The molecule has 5 nitrogen and oxygen atoms in total. The zero-order chi connectivity index (χ0) is 16.1. The van der Waals surface area contributed by atoms with Crippen LogP contribution in [-0.2, 0) is 11.3 Å². The number of aliphatic hydroxyl groups excluding tert-OH is 1. The Hall–Kier alpha value is -2.37. The molecule has 5 heteroatoms. The molecule has 3 rings (SSSR count). The van der Waals surface area contributed by atoms with Crippen molar-refractivity contribution in [2.45, 2.75) is 19.6 Å². The molecule has 2 heterocycles. The monoisotopic (exact) mass is 313 g/mol. The van der Waals surface area contributed by atoms with Crippen molar-refractivity contribution < 1.29 is 19.0 Å². The van der Waals surface area contributed by atoms with Crippen molar-refractivity contribution in [3.63, 3.8) is 0 Å². The number of nitrogens with zero attached hydrogens (tertiary/aromatic N) is 1. The summed E-state index contributed by atoms with van der Waals surface area (Å²) in [5.74, 6) is 1.39. The summed E-state index contributed by atoms with van der Waals surface area (Å²) in [6.07, 6.45) is 0.873. The molecule has 0 radical (unpaired) electrons. The predicted octanol–water partition coefficient (Wildman–Crippen LogP) is 3.09. The Morgan fingerprint density at radius 3 is 2.87 bits per heavy atom. The second-order valence-electron chi connectivity index (χ2n) is 5.34. The number of rotatable bonds is 7. The summed E-state index contributed by atoms with van der Waals surface area (Å²) in [6.45, 7) is 2.59. The minimum atomic E-state index is -0.718. The molecule has 0 saturated carbocycles. The molecule has 2 aromatic heterocycles. The number of aromatic nitrogens is 1. The first-order valence-corrected chi connectivity index (χ1v) is 7.50. The number of aliphatic hydroxyl groups is 1. The van der Waals surface area contributed by atoms with E-state index < -0.39 is 6.10 Å². The number of furan rings is 1. The Balaban J connectivity index is 1.54. The molecule has 0 aliphatic carbocycles. The molecule has 0 fully saturated rings. The number of ether oxygens (including phenoxy) is 2. The standard InChI is InChI=1S/C18H19NO4/c1-13-7-8-14-4-2-6-17(18(14)19-13)23-11-15(20)10-21-12-16-5-3-9-22-16/h2-9,15,20H,10-12H2,1H3/t15-/m0/s1. The lowest BCUT2D eigenvalue weighted by Crippen LogP contribution is -2.23. The highest BCUT2D eigenvalue weighted by Gasteiger charge is 2.09. The van der Waals surface area contributed by atoms with E-state index in [9.17, 15) is 5.11 Å². The number of aryl methyl sites for hydroxylation is 1. The van der Waals surface area contributed by atoms with E-state index >= 15 is 0 Å². The minimum Gasteiger partial charge on any atom is -0.489 e. The van der Waals surface area contributed by atoms with Crippen LogP contribution in [0.2, 0.25) is 0 Å². The lowest BCUT2D eigenvalue weighted by molar-refractivity contribution is 0.00110. The summed E-state index contributed by atoms with van der Waals surface area (Å²) in [4.78, 5) is 4.50. The van der Waals surface area contributed by atoms with Gasteiger partial charge in [0.15, 0.2) is 0 Å². The van der Waals surface area contributed by atoms with Gasteiger partial charge in [-0.3, -0.25) is 0 Å². The minimum absolute atomic E-state index is 0.146. The first kappa shape index (κ1) is 15.5. The van der Waals surface area contributed by atoms with E-state index in [1.165, 1.54) is 0 Å². The van der Waals surface area contributed by atoms with Crippen LogP contribution in [0.4, 0.5) is 0 Å². The third-order valence-corrected chi connectivity index (χ3v) is 3.39. The lowest BCUT2D eigenvalue weighted by atomic mass is 10.2. The Morgan fingerprint density at radius 1 is 1.13 bits per heavy atom. The summed E-state index contributed by atoms with van der Waals surface area (Å²) in [6, 6.07) is 13.3. The van der Waals surface area contributed by atoms with Gasteiger partial charge in [-0.05, 0) is 31.2 Å². The quantitative estimate of drug-likeness (QED) is 0.726. The Labute approximate surface area is 134 Å². The SMILES string of the molecule is Cc1ccc2cccc(OC[C@@H](O)COCc3ccco3)c2n1. The molecular weight excluding hydrogens is 294 g/mol. The van der Waals surface area contributed by atoms with Crippen LogP contribution in [0.15, 0.2) is 53.1 Å². The largest absolute Gasteiger partial charge is 0.489 e. The molecule has 1 aromatic carbocycles. The summed E-state index contributed by atoms with van der Waals surface area (Å²) in [5.41, 5.74) is 1.73. The fourth-order valence-corrected chi connectivity index (χ4v) is 2.26. The third kappa shape index (κ3) is 4.09. The molecule has 3 aromatic rings. The van der Waals surface area contributed by atoms with Gasteiger partial charge in [0, 0.05) is 11.1 Å². The number of pyridine rings is 1. The molecule has 120 valence electrons. The van der Waals surface area contributed by atoms with Crippen molar-refractivity contribution >= 4 is 10.9 Å². The van der Waals surface area contributed by atoms with Gasteiger partial charge in [0.2, 0.25) is 0 Å². The van der Waals surface area contributed by atoms with Gasteiger partial charge in [-0.15, -0.1) is 0 Å². The first-order valence-electron chi connectivity index (χ1n) is 7.50. The lowest BCUT2D eigenvalue weighted by Gasteiger charge is -2.13. The van der Waals surface area contributed by atoms with Crippen molar-refractivity contribution in [3.05, 3.63) is 60.2 Å². The summed E-state index contributed by atoms with van der Waals surface area (Å²) >= 11 is 0. The Kier molecular flexibility index (Phi) is 4.90. The molecule has 0 spiro atoms. The molecule has 0 aliphatic rings. The van der Waals surface area contributed by atoms with Crippen molar-refractivity contribution in [1.82, 2.24) is 4.98 Å². The summed E-state index contributed by atoms with van der Waals surface area (Å²) in [7, 11) is 0. The second-order valence-corrected chi connectivity index (χ2v) is 5.34. The number of hydrogen-bond donors (Lipinski definition) is 1. The summed E-state index contributed by atoms with van der Waals surface area (Å²) < 4.78 is 16.3. The zero-order valence-electron chi connectivity index (χ0n) is 12.9. The van der Waals surface area contributed by atoms with Crippen LogP contribution in [0.5, 0.6) is 5.75 Å². The number of fused-ring (bicyclic) bond motifs is 1. The van der Waals surface area contributed by atoms with Crippen LogP contribution in [0.3, 0.4) is 0 Å². The van der Waals surface area contributed by atoms with Crippen LogP contribution in [0, 0.1) is 6.92 Å². The predicted molar refractivity (Wildman–Crippen MR) is 86.3 cm³/mol. The molecule has 0 amide bonds. The average Bonchev–Trinajstić information content (AvgIpc) is 3.06. The van der Waals surface area contributed by atoms with E-state index in [1.54, 1.807) is 12.3 Å². The van der Waals surface area contributed by atoms with Crippen LogP contribution in [0.1, 0.15) is 11.5 Å². The molecule has 0 unspecified atom stereocenters. The second kappa shape index (κ2) is 7.26. The highest BCUT2D eigenvalue weighted by Crippen LogP contribution is 2.24. The van der Waals surface area contributed by atoms with Gasteiger partial charge in [-0.2, -0.15) is 0 Å². The highest BCUT2D eigenvalue weighted by molar-refractivity contribution is 5.84. The number of hydrogen-bond acceptors (Lipinski definition) is 5. The van der Waals surface area contributed by atoms with Gasteiger partial charge in [-0.25, -0.2) is 4.98 Å². The zero-order valence-corrected chi connectivity index (χ0v) is 12.9. The normalized spacial score (nSPS) is 12.4. The molecule has 0 aliphatic heterocycles. The fourth-order valence-electron chi connectivity index (χ4n) is 2.26. The van der Waals surface area contributed by atoms with Crippen molar-refractivity contribution in [2.75, 3.05) is 13.2 Å². The van der Waals surface area contributed by atoms with Crippen LogP contribution >= 0.6 is 0 Å². The van der Waals surface area contributed by atoms with Gasteiger partial charge in [0.05, 0.1) is 12.9 Å². The maximum atomic E-state index is 9.96. The summed E-state index contributed by atoms with van der Waals surface area (Å²) in [5, 5.41) is 11.0. The van der Waals surface area contributed by atoms with Crippen LogP contribution in [0.25, 0.3) is 10.9 Å². The van der Waals surface area contributed by atoms with E-state index in [4.69, 9.17) is 13.9 Å². The van der Waals surface area contributed by atoms with Crippen LogP contribution < -0.4 is 4.74 Å². The molecular formula is C18H19NO4. The van der Waals surface area contributed by atoms with E-state index in [0.29, 0.717) is 12.4 Å². The molecule has 0 saturated heterocycles. The third-order valence-electron chi connectivity index (χ3n) is 3.39. The maximum absolute atomic E-state index is 9.96. The smallest absolute Gasteiger partial charge is 0.145 e. The van der Waals surface area contributed by atoms with Gasteiger partial charge in [0.25, 0.3) is 0 Å². The molecule has 1 N–H and O–H groups in total. The number of benzene rings is 1. The van der Waals surface area contributed by atoms with Crippen molar-refractivity contribution in [1.29, 1.82) is 0 Å². The van der Waals surface area contributed by atoms with Gasteiger partial charge in [-0.1, -0.05) is 18.2 Å².